The molecule has 0 radical (unpaired) electrons. The van der Waals surface area contributed by atoms with Crippen molar-refractivity contribution in [2.24, 2.45) is 0 Å². The number of hydrogen-bond acceptors (Lipinski definition) is 5. The molecule has 8 heteroatoms. The molecule has 2 aromatic heterocycles. The Kier molecular flexibility index (Phi) is 4.31. The number of nitrogens with one attached hydrogen (secondary N) is 2. The van der Waals surface area contributed by atoms with Crippen LogP contribution < -0.4 is 10.6 Å². The Morgan fingerprint density at radius 2 is 1.96 bits per heavy atom. The summed E-state index contributed by atoms with van der Waals surface area (Å²) in [6, 6.07) is 8.18. The standard InChI is InChI=1S/C20H19N5O3/c1-11-16(12(2)25-10-9-21-18(26)17(11)25)15-7-8-22-20(24-15)23-14-5-3-13(4-6-14)19(27)28/h3-8H,9-10H2,1-2H3,(H,21,26)(H,27,28)(H,22,23,24). The summed E-state index contributed by atoms with van der Waals surface area (Å²) in [5, 5.41) is 15.0. The second-order valence-electron chi connectivity index (χ2n) is 6.61. The van der Waals surface area contributed by atoms with E-state index in [1.807, 2.05) is 24.5 Å². The zero-order chi connectivity index (χ0) is 19.8. The van der Waals surface area contributed by atoms with Crippen molar-refractivity contribution >= 4 is 23.5 Å². The number of anilines is 2. The second-order valence-corrected chi connectivity index (χ2v) is 6.61. The molecule has 142 valence electrons. The molecule has 0 aliphatic carbocycles. The minimum absolute atomic E-state index is 0.0657. The third kappa shape index (κ3) is 2.98. The molecule has 0 unspecified atom stereocenters. The molecule has 0 fully saturated rings. The van der Waals surface area contributed by atoms with Crippen LogP contribution in [0, 0.1) is 13.8 Å². The monoisotopic (exact) mass is 377 g/mol. The second kappa shape index (κ2) is 6.80. The van der Waals surface area contributed by atoms with Crippen LogP contribution in [-0.2, 0) is 6.54 Å². The van der Waals surface area contributed by atoms with Crippen molar-refractivity contribution in [3.63, 3.8) is 0 Å². The number of carbonyl (C=O) groups is 2. The van der Waals surface area contributed by atoms with Crippen LogP contribution in [0.15, 0.2) is 36.5 Å². The van der Waals surface area contributed by atoms with Crippen LogP contribution in [0.25, 0.3) is 11.3 Å². The highest BCUT2D eigenvalue weighted by Gasteiger charge is 2.26. The highest BCUT2D eigenvalue weighted by atomic mass is 16.4. The highest BCUT2D eigenvalue weighted by Crippen LogP contribution is 2.32. The number of fused-ring (bicyclic) bond motifs is 1. The van der Waals surface area contributed by atoms with Gasteiger partial charge in [-0.2, -0.15) is 0 Å². The molecule has 0 saturated heterocycles. The fourth-order valence-electron chi connectivity index (χ4n) is 3.59. The van der Waals surface area contributed by atoms with Gasteiger partial charge < -0.3 is 20.3 Å². The van der Waals surface area contributed by atoms with Crippen LogP contribution >= 0.6 is 0 Å². The van der Waals surface area contributed by atoms with Crippen molar-refractivity contribution in [1.29, 1.82) is 0 Å². The summed E-state index contributed by atoms with van der Waals surface area (Å²) in [5.41, 5.74) is 5.12. The molecule has 0 saturated carbocycles. The quantitative estimate of drug-likeness (QED) is 0.645. The summed E-state index contributed by atoms with van der Waals surface area (Å²) in [6.07, 6.45) is 1.66. The van der Waals surface area contributed by atoms with Gasteiger partial charge in [-0.1, -0.05) is 0 Å². The van der Waals surface area contributed by atoms with Crippen LogP contribution in [-0.4, -0.2) is 38.1 Å². The van der Waals surface area contributed by atoms with E-state index in [9.17, 15) is 9.59 Å². The van der Waals surface area contributed by atoms with E-state index in [4.69, 9.17) is 5.11 Å². The molecular formula is C20H19N5O3. The van der Waals surface area contributed by atoms with Gasteiger partial charge in [0.05, 0.1) is 11.3 Å². The summed E-state index contributed by atoms with van der Waals surface area (Å²) >= 11 is 0. The van der Waals surface area contributed by atoms with Crippen LogP contribution in [0.4, 0.5) is 11.6 Å². The van der Waals surface area contributed by atoms with Crippen molar-refractivity contribution in [2.75, 3.05) is 11.9 Å². The molecule has 4 rings (SSSR count). The Balaban J connectivity index is 1.68. The van der Waals surface area contributed by atoms with Crippen LogP contribution in [0.3, 0.4) is 0 Å². The topological polar surface area (TPSA) is 109 Å². The number of aromatic nitrogens is 3. The molecule has 3 aromatic rings. The van der Waals surface area contributed by atoms with Crippen molar-refractivity contribution in [1.82, 2.24) is 19.9 Å². The fourth-order valence-corrected chi connectivity index (χ4v) is 3.59. The number of hydrogen-bond donors (Lipinski definition) is 3. The molecule has 0 bridgehead atoms. The number of carboxylic acids is 1. The predicted molar refractivity (Wildman–Crippen MR) is 104 cm³/mol. The first kappa shape index (κ1) is 17.7. The van der Waals surface area contributed by atoms with E-state index in [-0.39, 0.29) is 11.5 Å². The first-order valence-electron chi connectivity index (χ1n) is 8.87. The minimum atomic E-state index is -0.975. The summed E-state index contributed by atoms with van der Waals surface area (Å²) in [7, 11) is 0. The lowest BCUT2D eigenvalue weighted by molar-refractivity contribution is 0.0696. The van der Waals surface area contributed by atoms with Crippen LogP contribution in [0.1, 0.15) is 32.1 Å². The molecule has 28 heavy (non-hydrogen) atoms. The number of aromatic carboxylic acids is 1. The van der Waals surface area contributed by atoms with Gasteiger partial charge in [-0.05, 0) is 49.7 Å². The van der Waals surface area contributed by atoms with Crippen LogP contribution in [0.2, 0.25) is 0 Å². The number of carbonyl (C=O) groups excluding carboxylic acids is 1. The average molecular weight is 377 g/mol. The maximum atomic E-state index is 12.3. The Labute approximate surface area is 161 Å². The van der Waals surface area contributed by atoms with E-state index in [0.717, 1.165) is 29.1 Å². The van der Waals surface area contributed by atoms with Gasteiger partial charge in [0.1, 0.15) is 5.69 Å². The van der Waals surface area contributed by atoms with Gasteiger partial charge in [0, 0.05) is 36.2 Å². The lowest BCUT2D eigenvalue weighted by atomic mass is 10.1. The summed E-state index contributed by atoms with van der Waals surface area (Å²) in [6.45, 7) is 5.27. The average Bonchev–Trinajstić information content (AvgIpc) is 2.94. The largest absolute Gasteiger partial charge is 0.478 e. The third-order valence-corrected chi connectivity index (χ3v) is 4.90. The van der Waals surface area contributed by atoms with E-state index < -0.39 is 5.97 Å². The van der Waals surface area contributed by atoms with Gasteiger partial charge >= 0.3 is 5.97 Å². The SMILES string of the molecule is Cc1c(-c2ccnc(Nc3ccc(C(=O)O)cc3)n2)c(C)n2c1C(=O)NCC2. The Bertz CT molecular complexity index is 1090. The molecule has 0 atom stereocenters. The molecule has 8 nitrogen and oxygen atoms in total. The summed E-state index contributed by atoms with van der Waals surface area (Å²) in [5.74, 6) is -0.644. The maximum absolute atomic E-state index is 12.3. The lowest BCUT2D eigenvalue weighted by Gasteiger charge is -2.17. The van der Waals surface area contributed by atoms with Gasteiger partial charge in [0.25, 0.3) is 5.91 Å². The number of nitrogens with zero attached hydrogens (tertiary/aromatic N) is 3. The first-order chi connectivity index (χ1) is 13.5. The Morgan fingerprint density at radius 1 is 1.21 bits per heavy atom. The van der Waals surface area contributed by atoms with Crippen molar-refractivity contribution < 1.29 is 14.7 Å². The van der Waals surface area contributed by atoms with Gasteiger partial charge in [-0.25, -0.2) is 14.8 Å². The normalized spacial score (nSPS) is 13.0. The zero-order valence-corrected chi connectivity index (χ0v) is 15.5. The molecule has 1 aliphatic rings. The molecule has 1 amide bonds. The molecule has 3 heterocycles. The Hall–Kier alpha value is -3.68. The van der Waals surface area contributed by atoms with Gasteiger partial charge in [0.15, 0.2) is 0 Å². The van der Waals surface area contributed by atoms with Crippen molar-refractivity contribution in [2.45, 2.75) is 20.4 Å². The van der Waals surface area contributed by atoms with Gasteiger partial charge in [0.2, 0.25) is 5.95 Å². The smallest absolute Gasteiger partial charge is 0.335 e. The minimum Gasteiger partial charge on any atom is -0.478 e. The number of amides is 1. The number of benzene rings is 1. The van der Waals surface area contributed by atoms with Crippen molar-refractivity contribution in [3.8, 4) is 11.3 Å². The van der Waals surface area contributed by atoms with Crippen LogP contribution in [0.5, 0.6) is 0 Å². The van der Waals surface area contributed by atoms with Gasteiger partial charge in [-0.3, -0.25) is 4.79 Å². The third-order valence-electron chi connectivity index (χ3n) is 4.90. The first-order valence-corrected chi connectivity index (χ1v) is 8.87. The number of carboxylic acid groups (broad SMARTS) is 1. The molecule has 1 aliphatic heterocycles. The highest BCUT2D eigenvalue weighted by molar-refractivity contribution is 5.97. The Morgan fingerprint density at radius 3 is 2.64 bits per heavy atom. The van der Waals surface area contributed by atoms with E-state index in [1.54, 1.807) is 18.3 Å². The van der Waals surface area contributed by atoms with E-state index in [1.165, 1.54) is 12.1 Å². The molecule has 1 aromatic carbocycles. The molecular weight excluding hydrogens is 358 g/mol. The van der Waals surface area contributed by atoms with E-state index >= 15 is 0 Å². The lowest BCUT2D eigenvalue weighted by Crippen LogP contribution is -2.35. The zero-order valence-electron chi connectivity index (χ0n) is 15.5. The van der Waals surface area contributed by atoms with Crippen molar-refractivity contribution in [3.05, 3.63) is 59.0 Å². The maximum Gasteiger partial charge on any atom is 0.335 e. The molecule has 3 N–H and O–H groups in total. The molecule has 0 spiro atoms. The van der Waals surface area contributed by atoms with Gasteiger partial charge in [-0.15, -0.1) is 0 Å². The number of rotatable bonds is 4. The van der Waals surface area contributed by atoms with E-state index in [0.29, 0.717) is 23.9 Å². The van der Waals surface area contributed by atoms with E-state index in [2.05, 4.69) is 20.6 Å². The fraction of sp³-hybridized carbons (Fsp3) is 0.200. The summed E-state index contributed by atoms with van der Waals surface area (Å²) in [4.78, 5) is 32.1. The summed E-state index contributed by atoms with van der Waals surface area (Å²) < 4.78 is 2.03. The predicted octanol–water partition coefficient (Wildman–Crippen LogP) is 2.75.